The summed E-state index contributed by atoms with van der Waals surface area (Å²) in [7, 11) is 0. The molecule has 4 aromatic rings. The number of rotatable bonds is 3. The van der Waals surface area contributed by atoms with Gasteiger partial charge in [0.2, 0.25) is 0 Å². The molecule has 1 aliphatic rings. The molecule has 2 aromatic carbocycles. The minimum Gasteiger partial charge on any atom is -0.507 e. The second kappa shape index (κ2) is 6.71. The normalized spacial score (nSPS) is 22.6. The highest BCUT2D eigenvalue weighted by molar-refractivity contribution is 6.02. The van der Waals surface area contributed by atoms with E-state index in [-0.39, 0.29) is 34.2 Å². The average Bonchev–Trinajstić information content (AvgIpc) is 3.31. The number of aliphatic hydroxyl groups is 1. The Morgan fingerprint density at radius 1 is 0.848 bits per heavy atom. The molecule has 0 fully saturated rings. The summed E-state index contributed by atoms with van der Waals surface area (Å²) in [6.07, 6.45) is 0.909. The standard InChI is InChI=1S/C26H24O7/c1-12(27)15-7-14-8-22(32-20(14)10-18(15)29)25(3)5-6-26(4,31)24-23(25)17-9-16(13(2)28)19(30)11-21(17)33-24/h7-11,29-31H,5-6H2,1-4H3/t25-,26-/m0/s1. The van der Waals surface area contributed by atoms with Crippen molar-refractivity contribution in [1.82, 2.24) is 0 Å². The molecule has 0 bridgehead atoms. The van der Waals surface area contributed by atoms with E-state index in [0.29, 0.717) is 51.9 Å². The SMILES string of the molecule is CC(=O)c1cc2cc([C@]3(C)CC[C@](C)(O)c4oc5cc(O)c(C(C)=O)cc5c43)oc2cc1O. The quantitative estimate of drug-likeness (QED) is 0.364. The van der Waals surface area contributed by atoms with Crippen LogP contribution in [0.2, 0.25) is 0 Å². The molecule has 0 amide bonds. The van der Waals surface area contributed by atoms with Crippen LogP contribution in [-0.2, 0) is 11.0 Å². The zero-order valence-electron chi connectivity index (χ0n) is 18.8. The molecule has 2 aromatic heterocycles. The number of phenols is 2. The summed E-state index contributed by atoms with van der Waals surface area (Å²) in [4.78, 5) is 23.9. The van der Waals surface area contributed by atoms with Crippen molar-refractivity contribution in [2.45, 2.75) is 51.6 Å². The third kappa shape index (κ3) is 2.99. The highest BCUT2D eigenvalue weighted by Crippen LogP contribution is 2.53. The average molecular weight is 448 g/mol. The molecule has 0 unspecified atom stereocenters. The van der Waals surface area contributed by atoms with Gasteiger partial charge in [-0.25, -0.2) is 0 Å². The van der Waals surface area contributed by atoms with Gasteiger partial charge < -0.3 is 24.2 Å². The molecule has 2 heterocycles. The smallest absolute Gasteiger partial charge is 0.163 e. The first-order chi connectivity index (χ1) is 15.4. The largest absolute Gasteiger partial charge is 0.507 e. The van der Waals surface area contributed by atoms with Gasteiger partial charge in [0.25, 0.3) is 0 Å². The molecule has 33 heavy (non-hydrogen) atoms. The van der Waals surface area contributed by atoms with Gasteiger partial charge in [-0.2, -0.15) is 0 Å². The van der Waals surface area contributed by atoms with Gasteiger partial charge in [0.05, 0.1) is 16.5 Å². The van der Waals surface area contributed by atoms with E-state index in [9.17, 15) is 24.9 Å². The van der Waals surface area contributed by atoms with Gasteiger partial charge >= 0.3 is 0 Å². The first-order valence-corrected chi connectivity index (χ1v) is 10.7. The number of fused-ring (bicyclic) bond motifs is 4. The molecule has 7 heteroatoms. The number of aromatic hydroxyl groups is 2. The van der Waals surface area contributed by atoms with Crippen molar-refractivity contribution in [2.75, 3.05) is 0 Å². The fourth-order valence-corrected chi connectivity index (χ4v) is 4.95. The van der Waals surface area contributed by atoms with Crippen LogP contribution in [0.4, 0.5) is 0 Å². The van der Waals surface area contributed by atoms with Crippen LogP contribution in [0.5, 0.6) is 11.5 Å². The summed E-state index contributed by atoms with van der Waals surface area (Å²) in [6.45, 7) is 6.41. The number of ketones is 2. The van der Waals surface area contributed by atoms with Crippen molar-refractivity contribution in [3.05, 3.63) is 58.5 Å². The molecule has 0 radical (unpaired) electrons. The van der Waals surface area contributed by atoms with E-state index in [1.807, 2.05) is 13.0 Å². The summed E-state index contributed by atoms with van der Waals surface area (Å²) in [5.74, 6) is 0.0667. The van der Waals surface area contributed by atoms with Crippen molar-refractivity contribution < 1.29 is 33.7 Å². The fraction of sp³-hybridized carbons (Fsp3) is 0.308. The monoisotopic (exact) mass is 448 g/mol. The number of carbonyl (C=O) groups is 2. The highest BCUT2D eigenvalue weighted by Gasteiger charge is 2.48. The first-order valence-electron chi connectivity index (χ1n) is 10.7. The number of furan rings is 2. The molecule has 170 valence electrons. The molecule has 0 saturated heterocycles. The van der Waals surface area contributed by atoms with E-state index < -0.39 is 11.0 Å². The molecule has 0 spiro atoms. The van der Waals surface area contributed by atoms with Crippen LogP contribution < -0.4 is 0 Å². The minimum absolute atomic E-state index is 0.149. The van der Waals surface area contributed by atoms with E-state index in [0.717, 1.165) is 0 Å². The molecule has 5 rings (SSSR count). The lowest BCUT2D eigenvalue weighted by molar-refractivity contribution is 0.00741. The number of benzene rings is 2. The maximum atomic E-state index is 12.1. The van der Waals surface area contributed by atoms with Crippen LogP contribution in [0.15, 0.2) is 39.2 Å². The number of phenolic OH excluding ortho intramolecular Hbond substituents is 2. The van der Waals surface area contributed by atoms with Gasteiger partial charge in [0.15, 0.2) is 11.6 Å². The minimum atomic E-state index is -1.24. The third-order valence-corrected chi connectivity index (χ3v) is 6.90. The van der Waals surface area contributed by atoms with Crippen molar-refractivity contribution in [3.8, 4) is 11.5 Å². The Balaban J connectivity index is 1.80. The zero-order valence-corrected chi connectivity index (χ0v) is 18.8. The maximum Gasteiger partial charge on any atom is 0.163 e. The summed E-state index contributed by atoms with van der Waals surface area (Å²) in [5, 5.41) is 32.9. The zero-order chi connectivity index (χ0) is 23.9. The van der Waals surface area contributed by atoms with Crippen molar-refractivity contribution in [2.24, 2.45) is 0 Å². The van der Waals surface area contributed by atoms with Crippen molar-refractivity contribution in [3.63, 3.8) is 0 Å². The van der Waals surface area contributed by atoms with Crippen molar-refractivity contribution in [1.29, 1.82) is 0 Å². The van der Waals surface area contributed by atoms with Crippen LogP contribution in [0.1, 0.15) is 78.3 Å². The van der Waals surface area contributed by atoms with Gasteiger partial charge in [0, 0.05) is 28.5 Å². The van der Waals surface area contributed by atoms with E-state index in [1.165, 1.54) is 26.0 Å². The van der Waals surface area contributed by atoms with Gasteiger partial charge in [0.1, 0.15) is 39.8 Å². The molecule has 7 nitrogen and oxygen atoms in total. The topological polar surface area (TPSA) is 121 Å². The Kier molecular flexibility index (Phi) is 4.33. The summed E-state index contributed by atoms with van der Waals surface area (Å²) in [6, 6.07) is 7.85. The molecular weight excluding hydrogens is 424 g/mol. The van der Waals surface area contributed by atoms with Crippen molar-refractivity contribution >= 4 is 33.5 Å². The number of Topliss-reactive ketones (excluding diaryl/α,β-unsaturated/α-hetero) is 2. The predicted octanol–water partition coefficient (Wildman–Crippen LogP) is 5.30. The Morgan fingerprint density at radius 2 is 1.45 bits per heavy atom. The summed E-state index contributed by atoms with van der Waals surface area (Å²) < 4.78 is 12.2. The van der Waals surface area contributed by atoms with Crippen LogP contribution in [0, 0.1) is 0 Å². The Hall–Kier alpha value is -3.58. The number of hydrogen-bond donors (Lipinski definition) is 3. The Morgan fingerprint density at radius 3 is 2.09 bits per heavy atom. The lowest BCUT2D eigenvalue weighted by Crippen LogP contribution is -2.37. The maximum absolute atomic E-state index is 12.1. The van der Waals surface area contributed by atoms with Gasteiger partial charge in [-0.05, 0) is 58.7 Å². The molecule has 2 atom stereocenters. The lowest BCUT2D eigenvalue weighted by Gasteiger charge is -2.38. The van der Waals surface area contributed by atoms with E-state index >= 15 is 0 Å². The Bertz CT molecular complexity index is 1480. The van der Waals surface area contributed by atoms with Gasteiger partial charge in [-0.15, -0.1) is 0 Å². The van der Waals surface area contributed by atoms with Crippen LogP contribution in [-0.4, -0.2) is 26.9 Å². The van der Waals surface area contributed by atoms with E-state index in [1.54, 1.807) is 19.1 Å². The fourth-order valence-electron chi connectivity index (χ4n) is 4.95. The predicted molar refractivity (Wildman–Crippen MR) is 121 cm³/mol. The van der Waals surface area contributed by atoms with Crippen LogP contribution in [0.3, 0.4) is 0 Å². The second-order valence-corrected chi connectivity index (χ2v) is 9.41. The van der Waals surface area contributed by atoms with E-state index in [4.69, 9.17) is 8.83 Å². The van der Waals surface area contributed by atoms with Gasteiger partial charge in [-0.1, -0.05) is 0 Å². The molecule has 3 N–H and O–H groups in total. The second-order valence-electron chi connectivity index (χ2n) is 9.41. The molecule has 0 aliphatic heterocycles. The molecule has 1 aliphatic carbocycles. The lowest BCUT2D eigenvalue weighted by atomic mass is 9.67. The van der Waals surface area contributed by atoms with E-state index in [2.05, 4.69) is 0 Å². The summed E-state index contributed by atoms with van der Waals surface area (Å²) >= 11 is 0. The summed E-state index contributed by atoms with van der Waals surface area (Å²) in [5.41, 5.74) is -0.121. The third-order valence-electron chi connectivity index (χ3n) is 6.90. The number of hydrogen-bond acceptors (Lipinski definition) is 7. The van der Waals surface area contributed by atoms with Crippen LogP contribution >= 0.6 is 0 Å². The molecule has 0 saturated carbocycles. The van der Waals surface area contributed by atoms with Crippen LogP contribution in [0.25, 0.3) is 21.9 Å². The first kappa shape index (κ1) is 21.3. The molecular formula is C26H24O7. The van der Waals surface area contributed by atoms with Gasteiger partial charge in [-0.3, -0.25) is 9.59 Å². The Labute approximate surface area is 189 Å². The highest BCUT2D eigenvalue weighted by atomic mass is 16.4. The number of carbonyl (C=O) groups excluding carboxylic acids is 2.